The monoisotopic (exact) mass is 575 g/mol. The molecule has 1 aromatic carbocycles. The molecule has 41 heavy (non-hydrogen) atoms. The first kappa shape index (κ1) is 26.9. The Balaban J connectivity index is 1.34. The Morgan fingerprint density at radius 1 is 0.878 bits per heavy atom. The van der Waals surface area contributed by atoms with E-state index in [0.29, 0.717) is 73.2 Å². The van der Waals surface area contributed by atoms with E-state index in [-0.39, 0.29) is 24.9 Å². The van der Waals surface area contributed by atoms with Crippen LogP contribution in [0, 0.1) is 0 Å². The lowest BCUT2D eigenvalue weighted by atomic mass is 10.0. The smallest absolute Gasteiger partial charge is 0.253 e. The highest BCUT2D eigenvalue weighted by atomic mass is 32.2. The lowest BCUT2D eigenvalue weighted by Crippen LogP contribution is -2.50. The molecule has 5 heterocycles. The fourth-order valence-electron chi connectivity index (χ4n) is 4.98. The predicted octanol–water partition coefficient (Wildman–Crippen LogP) is 1.29. The number of sulfonamides is 1. The van der Waals surface area contributed by atoms with Gasteiger partial charge in [-0.25, -0.2) is 28.4 Å². The molecular formula is C27H29N9O4S. The van der Waals surface area contributed by atoms with Gasteiger partial charge in [0, 0.05) is 69.0 Å². The van der Waals surface area contributed by atoms with Crippen LogP contribution in [0.5, 0.6) is 0 Å². The van der Waals surface area contributed by atoms with Crippen LogP contribution < -0.4 is 10.6 Å². The van der Waals surface area contributed by atoms with E-state index in [2.05, 4.69) is 14.9 Å². The second kappa shape index (κ2) is 11.0. The molecule has 2 N–H and O–H groups in total. The third-order valence-electron chi connectivity index (χ3n) is 7.20. The van der Waals surface area contributed by atoms with Crippen molar-refractivity contribution in [2.45, 2.75) is 0 Å². The molecule has 0 spiro atoms. The minimum Gasteiger partial charge on any atom is -0.378 e. The number of anilines is 2. The minimum absolute atomic E-state index is 0.142. The summed E-state index contributed by atoms with van der Waals surface area (Å²) in [5, 5.41) is 0. The molecule has 13 nitrogen and oxygen atoms in total. The summed E-state index contributed by atoms with van der Waals surface area (Å²) >= 11 is 0. The molecule has 0 aliphatic carbocycles. The standard InChI is InChI=1S/C27H29N9O4S/c1-41(38,39)36-7-5-35(6-8-36)26(37)19-4-2-3-18(13-19)20-14-22-23(29-15-20)25(34-9-11-40-12-10-34)33-24(32-22)21-16-30-27(28)31-17-21/h2-4,13-17H,5-12H2,1H3,(H2,28,30,31). The molecule has 2 aliphatic heterocycles. The first-order chi connectivity index (χ1) is 19.8. The molecule has 4 aromatic rings. The maximum atomic E-state index is 13.3. The number of hydrogen-bond acceptors (Lipinski definition) is 11. The second-order valence-corrected chi connectivity index (χ2v) is 11.9. The van der Waals surface area contributed by atoms with Crippen molar-refractivity contribution < 1.29 is 17.9 Å². The van der Waals surface area contributed by atoms with Crippen LogP contribution in [0.3, 0.4) is 0 Å². The van der Waals surface area contributed by atoms with Gasteiger partial charge in [-0.3, -0.25) is 9.78 Å². The Kier molecular flexibility index (Phi) is 7.19. The maximum absolute atomic E-state index is 13.3. The highest BCUT2D eigenvalue weighted by Gasteiger charge is 2.27. The van der Waals surface area contributed by atoms with Crippen LogP contribution in [0.4, 0.5) is 11.8 Å². The lowest BCUT2D eigenvalue weighted by Gasteiger charge is -2.33. The first-order valence-electron chi connectivity index (χ1n) is 13.2. The summed E-state index contributed by atoms with van der Waals surface area (Å²) in [7, 11) is -3.28. The number of carbonyl (C=O) groups excluding carboxylic acids is 1. The van der Waals surface area contributed by atoms with E-state index in [1.54, 1.807) is 29.6 Å². The lowest BCUT2D eigenvalue weighted by molar-refractivity contribution is 0.0698. The summed E-state index contributed by atoms with van der Waals surface area (Å²) < 4.78 is 30.6. The van der Waals surface area contributed by atoms with Crippen molar-refractivity contribution in [3.63, 3.8) is 0 Å². The van der Waals surface area contributed by atoms with Crippen molar-refractivity contribution >= 4 is 38.7 Å². The summed E-state index contributed by atoms with van der Waals surface area (Å²) in [5.41, 5.74) is 9.73. The molecule has 0 saturated carbocycles. The van der Waals surface area contributed by atoms with Crippen LogP contribution in [0.1, 0.15) is 10.4 Å². The van der Waals surface area contributed by atoms with Gasteiger partial charge in [0.25, 0.3) is 5.91 Å². The van der Waals surface area contributed by atoms with E-state index in [9.17, 15) is 13.2 Å². The largest absolute Gasteiger partial charge is 0.378 e. The average Bonchev–Trinajstić information content (AvgIpc) is 3.00. The molecule has 2 saturated heterocycles. The topological polar surface area (TPSA) is 161 Å². The zero-order valence-electron chi connectivity index (χ0n) is 22.5. The Labute approximate surface area is 237 Å². The third kappa shape index (κ3) is 5.66. The zero-order chi connectivity index (χ0) is 28.6. The van der Waals surface area contributed by atoms with Crippen LogP contribution in [-0.4, -0.2) is 107 Å². The Morgan fingerprint density at radius 3 is 2.29 bits per heavy atom. The molecular weight excluding hydrogens is 546 g/mol. The van der Waals surface area contributed by atoms with Gasteiger partial charge in [-0.15, -0.1) is 0 Å². The van der Waals surface area contributed by atoms with E-state index in [4.69, 9.17) is 25.4 Å². The van der Waals surface area contributed by atoms with E-state index in [1.165, 1.54) is 10.6 Å². The number of ether oxygens (including phenoxy) is 1. The fraction of sp³-hybridized carbons (Fsp3) is 0.333. The molecule has 2 fully saturated rings. The number of nitrogens with two attached hydrogens (primary N) is 1. The van der Waals surface area contributed by atoms with Crippen LogP contribution >= 0.6 is 0 Å². The summed E-state index contributed by atoms with van der Waals surface area (Å²) in [4.78, 5) is 39.7. The van der Waals surface area contributed by atoms with Gasteiger partial charge in [-0.1, -0.05) is 12.1 Å². The van der Waals surface area contributed by atoms with Gasteiger partial charge in [-0.2, -0.15) is 4.31 Å². The molecule has 0 unspecified atom stereocenters. The highest BCUT2D eigenvalue weighted by Crippen LogP contribution is 2.30. The van der Waals surface area contributed by atoms with Crippen molar-refractivity contribution in [2.24, 2.45) is 0 Å². The number of pyridine rings is 1. The number of carbonyl (C=O) groups is 1. The van der Waals surface area contributed by atoms with E-state index in [1.807, 2.05) is 24.3 Å². The van der Waals surface area contributed by atoms with Gasteiger partial charge in [0.1, 0.15) is 5.52 Å². The van der Waals surface area contributed by atoms with Gasteiger partial charge in [0.05, 0.1) is 30.5 Å². The molecule has 3 aromatic heterocycles. The Morgan fingerprint density at radius 2 is 1.59 bits per heavy atom. The minimum atomic E-state index is -3.28. The average molecular weight is 576 g/mol. The number of benzene rings is 1. The molecule has 2 aliphatic rings. The summed E-state index contributed by atoms with van der Waals surface area (Å²) in [5.74, 6) is 1.18. The van der Waals surface area contributed by atoms with Gasteiger partial charge < -0.3 is 20.3 Å². The third-order valence-corrected chi connectivity index (χ3v) is 8.50. The quantitative estimate of drug-likeness (QED) is 0.365. The maximum Gasteiger partial charge on any atom is 0.253 e. The van der Waals surface area contributed by atoms with Crippen LogP contribution in [0.2, 0.25) is 0 Å². The molecule has 0 bridgehead atoms. The van der Waals surface area contributed by atoms with Crippen LogP contribution in [0.15, 0.2) is 48.9 Å². The number of nitrogens with zero attached hydrogens (tertiary/aromatic N) is 8. The van der Waals surface area contributed by atoms with E-state index >= 15 is 0 Å². The Hall–Kier alpha value is -4.27. The summed E-state index contributed by atoms with van der Waals surface area (Å²) in [6, 6.07) is 9.27. The van der Waals surface area contributed by atoms with Gasteiger partial charge in [0.15, 0.2) is 11.6 Å². The fourth-order valence-corrected chi connectivity index (χ4v) is 5.80. The number of aromatic nitrogens is 5. The van der Waals surface area contributed by atoms with Crippen molar-refractivity contribution in [1.82, 2.24) is 34.1 Å². The van der Waals surface area contributed by atoms with E-state index in [0.717, 1.165) is 11.1 Å². The number of nitrogen functional groups attached to an aromatic ring is 1. The van der Waals surface area contributed by atoms with Crippen molar-refractivity contribution in [3.8, 4) is 22.5 Å². The summed E-state index contributed by atoms with van der Waals surface area (Å²) in [6.45, 7) is 3.78. The van der Waals surface area contributed by atoms with Gasteiger partial charge >= 0.3 is 0 Å². The predicted molar refractivity (Wildman–Crippen MR) is 154 cm³/mol. The number of hydrogen-bond donors (Lipinski definition) is 1. The van der Waals surface area contributed by atoms with Crippen LogP contribution in [-0.2, 0) is 14.8 Å². The van der Waals surface area contributed by atoms with Crippen molar-refractivity contribution in [1.29, 1.82) is 0 Å². The number of rotatable bonds is 5. The number of morpholine rings is 1. The van der Waals surface area contributed by atoms with Crippen molar-refractivity contribution in [3.05, 3.63) is 54.5 Å². The van der Waals surface area contributed by atoms with Crippen LogP contribution in [0.25, 0.3) is 33.5 Å². The molecule has 14 heteroatoms. The Bertz CT molecular complexity index is 1700. The highest BCUT2D eigenvalue weighted by molar-refractivity contribution is 7.88. The SMILES string of the molecule is CS(=O)(=O)N1CCN(C(=O)c2cccc(-c3cnc4c(N5CCOCC5)nc(-c5cnc(N)nc5)nc4c3)c2)CC1. The molecule has 0 atom stereocenters. The van der Waals surface area contributed by atoms with Gasteiger partial charge in [0.2, 0.25) is 16.0 Å². The normalized spacial score (nSPS) is 16.7. The number of fused-ring (bicyclic) bond motifs is 1. The molecule has 6 rings (SSSR count). The second-order valence-electron chi connectivity index (χ2n) is 9.93. The molecule has 1 amide bonds. The number of amides is 1. The zero-order valence-corrected chi connectivity index (χ0v) is 23.3. The van der Waals surface area contributed by atoms with E-state index < -0.39 is 10.0 Å². The molecule has 0 radical (unpaired) electrons. The first-order valence-corrected chi connectivity index (χ1v) is 15.0. The van der Waals surface area contributed by atoms with Crippen molar-refractivity contribution in [2.75, 3.05) is 69.4 Å². The summed E-state index contributed by atoms with van der Waals surface area (Å²) in [6.07, 6.45) is 6.13. The van der Waals surface area contributed by atoms with Gasteiger partial charge in [-0.05, 0) is 23.8 Å². The molecule has 212 valence electrons. The number of piperazine rings is 1.